The van der Waals surface area contributed by atoms with Crippen molar-refractivity contribution in [1.82, 2.24) is 9.55 Å². The van der Waals surface area contributed by atoms with Crippen molar-refractivity contribution >= 4 is 17.7 Å². The van der Waals surface area contributed by atoms with Gasteiger partial charge in [0, 0.05) is 11.4 Å². The van der Waals surface area contributed by atoms with Gasteiger partial charge in [0.15, 0.2) is 10.9 Å². The summed E-state index contributed by atoms with van der Waals surface area (Å²) in [6, 6.07) is 10.0. The monoisotopic (exact) mass is 396 g/mol. The summed E-state index contributed by atoms with van der Waals surface area (Å²) in [6.45, 7) is 0. The van der Waals surface area contributed by atoms with E-state index in [1.807, 2.05) is 0 Å². The highest BCUT2D eigenvalue weighted by Gasteiger charge is 2.30. The SMILES string of the molecule is O=C(O)c1cnc(SCc2cccc(C(F)(F)F)c2)n1-c1ccc(F)cc1. The van der Waals surface area contributed by atoms with Gasteiger partial charge in [-0.1, -0.05) is 30.0 Å². The molecule has 1 aromatic heterocycles. The molecule has 0 unspecified atom stereocenters. The van der Waals surface area contributed by atoms with Crippen LogP contribution in [-0.2, 0) is 11.9 Å². The molecule has 1 heterocycles. The maximum absolute atomic E-state index is 13.2. The number of halogens is 4. The second kappa shape index (κ2) is 7.43. The number of nitrogens with zero attached hydrogens (tertiary/aromatic N) is 2. The molecule has 4 nitrogen and oxygen atoms in total. The predicted molar refractivity (Wildman–Crippen MR) is 91.5 cm³/mol. The Bertz CT molecular complexity index is 968. The summed E-state index contributed by atoms with van der Waals surface area (Å²) in [5.74, 6) is -1.55. The van der Waals surface area contributed by atoms with Crippen molar-refractivity contribution in [2.45, 2.75) is 17.1 Å². The number of hydrogen-bond donors (Lipinski definition) is 1. The summed E-state index contributed by atoms with van der Waals surface area (Å²) < 4.78 is 52.9. The minimum atomic E-state index is -4.44. The van der Waals surface area contributed by atoms with Crippen LogP contribution in [0.3, 0.4) is 0 Å². The van der Waals surface area contributed by atoms with Crippen molar-refractivity contribution in [3.63, 3.8) is 0 Å². The molecule has 27 heavy (non-hydrogen) atoms. The van der Waals surface area contributed by atoms with Crippen LogP contribution < -0.4 is 0 Å². The van der Waals surface area contributed by atoms with Gasteiger partial charge in [-0.25, -0.2) is 14.2 Å². The zero-order valence-corrected chi connectivity index (χ0v) is 14.4. The van der Waals surface area contributed by atoms with Crippen LogP contribution in [0.1, 0.15) is 21.6 Å². The normalized spacial score (nSPS) is 11.6. The van der Waals surface area contributed by atoms with Gasteiger partial charge in [-0.05, 0) is 35.9 Å². The minimum absolute atomic E-state index is 0.131. The van der Waals surface area contributed by atoms with Crippen LogP contribution in [0.5, 0.6) is 0 Å². The van der Waals surface area contributed by atoms with Gasteiger partial charge in [-0.15, -0.1) is 0 Å². The van der Waals surface area contributed by atoms with Gasteiger partial charge in [0.25, 0.3) is 0 Å². The molecule has 0 aliphatic rings. The van der Waals surface area contributed by atoms with Crippen LogP contribution in [0, 0.1) is 5.82 Å². The third-order valence-corrected chi connectivity index (χ3v) is 4.68. The zero-order valence-electron chi connectivity index (χ0n) is 13.6. The fourth-order valence-electron chi connectivity index (χ4n) is 2.41. The summed E-state index contributed by atoms with van der Waals surface area (Å²) in [5, 5.41) is 9.61. The van der Waals surface area contributed by atoms with Gasteiger partial charge in [-0.2, -0.15) is 13.2 Å². The smallest absolute Gasteiger partial charge is 0.416 e. The Hall–Kier alpha value is -2.81. The van der Waals surface area contributed by atoms with Gasteiger partial charge in [-0.3, -0.25) is 4.57 Å². The van der Waals surface area contributed by atoms with Crippen LogP contribution in [0.25, 0.3) is 5.69 Å². The maximum Gasteiger partial charge on any atom is 0.416 e. The fourth-order valence-corrected chi connectivity index (χ4v) is 3.35. The van der Waals surface area contributed by atoms with E-state index in [1.165, 1.54) is 34.9 Å². The Morgan fingerprint density at radius 2 is 1.85 bits per heavy atom. The third kappa shape index (κ3) is 4.30. The van der Waals surface area contributed by atoms with E-state index < -0.39 is 23.5 Å². The lowest BCUT2D eigenvalue weighted by molar-refractivity contribution is -0.137. The highest BCUT2D eigenvalue weighted by molar-refractivity contribution is 7.98. The third-order valence-electron chi connectivity index (χ3n) is 3.66. The van der Waals surface area contributed by atoms with Crippen LogP contribution in [0.4, 0.5) is 17.6 Å². The molecule has 0 spiro atoms. The van der Waals surface area contributed by atoms with Gasteiger partial charge >= 0.3 is 12.1 Å². The molecule has 3 rings (SSSR count). The van der Waals surface area contributed by atoms with Crippen molar-refractivity contribution in [2.24, 2.45) is 0 Å². The Kier molecular flexibility index (Phi) is 5.22. The molecule has 0 amide bonds. The van der Waals surface area contributed by atoms with Crippen LogP contribution in [-0.4, -0.2) is 20.6 Å². The predicted octanol–water partition coefficient (Wildman–Crippen LogP) is 5.02. The van der Waals surface area contributed by atoms with Gasteiger partial charge in [0.1, 0.15) is 5.82 Å². The first-order valence-corrected chi connectivity index (χ1v) is 8.60. The first-order valence-electron chi connectivity index (χ1n) is 7.61. The molecule has 0 radical (unpaired) electrons. The lowest BCUT2D eigenvalue weighted by Gasteiger charge is -2.11. The Morgan fingerprint density at radius 3 is 2.48 bits per heavy atom. The summed E-state index contributed by atoms with van der Waals surface area (Å²) in [6.07, 6.45) is -3.29. The van der Waals surface area contributed by atoms with E-state index in [0.717, 1.165) is 30.1 Å². The maximum atomic E-state index is 13.2. The molecule has 0 saturated heterocycles. The van der Waals surface area contributed by atoms with Crippen LogP contribution in [0.2, 0.25) is 0 Å². The number of benzene rings is 2. The number of imidazole rings is 1. The van der Waals surface area contributed by atoms with E-state index in [4.69, 9.17) is 0 Å². The van der Waals surface area contributed by atoms with E-state index in [-0.39, 0.29) is 16.6 Å². The molecule has 1 N–H and O–H groups in total. The molecule has 9 heteroatoms. The average molecular weight is 396 g/mol. The van der Waals surface area contributed by atoms with Crippen molar-refractivity contribution in [3.05, 3.63) is 77.4 Å². The van der Waals surface area contributed by atoms with E-state index in [1.54, 1.807) is 6.07 Å². The average Bonchev–Trinajstić information content (AvgIpc) is 3.04. The number of hydrogen-bond acceptors (Lipinski definition) is 3. The summed E-state index contributed by atoms with van der Waals surface area (Å²) in [5.41, 5.74) is -0.0833. The lowest BCUT2D eigenvalue weighted by Crippen LogP contribution is -2.07. The largest absolute Gasteiger partial charge is 0.477 e. The van der Waals surface area contributed by atoms with Gasteiger partial charge in [0.2, 0.25) is 0 Å². The van der Waals surface area contributed by atoms with Gasteiger partial charge < -0.3 is 5.11 Å². The molecule has 0 aliphatic heterocycles. The Balaban J connectivity index is 1.90. The number of carbonyl (C=O) groups is 1. The minimum Gasteiger partial charge on any atom is -0.477 e. The Labute approximate surface area is 155 Å². The quantitative estimate of drug-likeness (QED) is 0.486. The molecule has 0 saturated carbocycles. The second-order valence-corrected chi connectivity index (χ2v) is 6.47. The highest BCUT2D eigenvalue weighted by Crippen LogP contribution is 2.32. The molecule has 140 valence electrons. The molecular formula is C18H12F4N2O2S. The number of thioether (sulfide) groups is 1. The Morgan fingerprint density at radius 1 is 1.15 bits per heavy atom. The van der Waals surface area contributed by atoms with Crippen molar-refractivity contribution in [2.75, 3.05) is 0 Å². The lowest BCUT2D eigenvalue weighted by atomic mass is 10.1. The molecule has 3 aromatic rings. The van der Waals surface area contributed by atoms with E-state index >= 15 is 0 Å². The van der Waals surface area contributed by atoms with Crippen molar-refractivity contribution in [3.8, 4) is 5.69 Å². The van der Waals surface area contributed by atoms with Crippen molar-refractivity contribution < 1.29 is 27.5 Å². The number of rotatable bonds is 5. The second-order valence-electron chi connectivity index (χ2n) is 5.53. The number of alkyl halides is 3. The first kappa shape index (κ1) is 19.0. The van der Waals surface area contributed by atoms with E-state index in [2.05, 4.69) is 4.98 Å². The van der Waals surface area contributed by atoms with Gasteiger partial charge in [0.05, 0.1) is 11.8 Å². The van der Waals surface area contributed by atoms with Crippen LogP contribution in [0.15, 0.2) is 59.9 Å². The van der Waals surface area contributed by atoms with E-state index in [9.17, 15) is 27.5 Å². The molecule has 0 aliphatic carbocycles. The molecular weight excluding hydrogens is 384 g/mol. The number of carboxylic acids is 1. The zero-order chi connectivity index (χ0) is 19.6. The molecule has 0 atom stereocenters. The van der Waals surface area contributed by atoms with E-state index in [0.29, 0.717) is 11.3 Å². The fraction of sp³-hybridized carbons (Fsp3) is 0.111. The standard InChI is InChI=1S/C18H12F4N2O2S/c19-13-4-6-14(7-5-13)24-15(16(25)26)9-23-17(24)27-10-11-2-1-3-12(8-11)18(20,21)22/h1-9H,10H2,(H,25,26). The summed E-state index contributed by atoms with van der Waals surface area (Å²) >= 11 is 1.08. The number of carboxylic acid groups (broad SMARTS) is 1. The van der Waals surface area contributed by atoms with Crippen molar-refractivity contribution in [1.29, 1.82) is 0 Å². The highest BCUT2D eigenvalue weighted by atomic mass is 32.2. The number of aromatic nitrogens is 2. The molecule has 2 aromatic carbocycles. The first-order chi connectivity index (χ1) is 12.8. The summed E-state index contributed by atoms with van der Waals surface area (Å²) in [4.78, 5) is 15.5. The molecule has 0 fully saturated rings. The molecule has 0 bridgehead atoms. The summed E-state index contributed by atoms with van der Waals surface area (Å²) in [7, 11) is 0. The number of aromatic carboxylic acids is 1. The topological polar surface area (TPSA) is 55.1 Å². The van der Waals surface area contributed by atoms with Crippen LogP contribution >= 0.6 is 11.8 Å².